The second-order valence-corrected chi connectivity index (χ2v) is 5.75. The number of nitrogens with one attached hydrogen (secondary N) is 1. The highest BCUT2D eigenvalue weighted by Crippen LogP contribution is 2.50. The highest BCUT2D eigenvalue weighted by molar-refractivity contribution is 5.94. The Labute approximate surface area is 121 Å². The average Bonchev–Trinajstić information content (AvgIpc) is 2.81. The van der Waals surface area contributed by atoms with Crippen molar-refractivity contribution < 1.29 is 14.3 Å². The minimum Gasteiger partial charge on any atom is -0.438 e. The summed E-state index contributed by atoms with van der Waals surface area (Å²) in [5.74, 6) is 0.0952. The van der Waals surface area contributed by atoms with Crippen molar-refractivity contribution in [3.05, 3.63) is 36.3 Å². The lowest BCUT2D eigenvalue weighted by atomic mass is 9.62. The van der Waals surface area contributed by atoms with Gasteiger partial charge in [-0.05, 0) is 25.0 Å². The Bertz CT molecular complexity index is 639. The first kappa shape index (κ1) is 12.3. The molecule has 2 amide bonds. The first-order valence-electron chi connectivity index (χ1n) is 6.86. The van der Waals surface area contributed by atoms with E-state index in [0.29, 0.717) is 25.1 Å². The maximum atomic E-state index is 12.3. The Balaban J connectivity index is 1.59. The molecule has 1 aromatic heterocycles. The van der Waals surface area contributed by atoms with Gasteiger partial charge in [-0.15, -0.1) is 0 Å². The zero-order chi connectivity index (χ0) is 14.6. The number of fused-ring (bicyclic) bond motifs is 2. The maximum absolute atomic E-state index is 12.3. The van der Waals surface area contributed by atoms with E-state index in [2.05, 4.69) is 22.1 Å². The van der Waals surface area contributed by atoms with Crippen molar-refractivity contribution in [3.63, 3.8) is 0 Å². The van der Waals surface area contributed by atoms with Crippen LogP contribution in [0.4, 0.5) is 4.79 Å². The highest BCUT2D eigenvalue weighted by atomic mass is 16.6. The van der Waals surface area contributed by atoms with E-state index in [1.54, 1.807) is 18.3 Å². The predicted octanol–water partition coefficient (Wildman–Crippen LogP) is 0.762. The standard InChI is InChI=1S/C14H14N4O3/c1-8-9-5-14(6-9,12(19)16-8)18-7-11(21-13(18)20)10-3-2-4-15-17-10/h2-4,9,11H,1,5-7H2,(H,16,19). The van der Waals surface area contributed by atoms with Crippen LogP contribution >= 0.6 is 0 Å². The van der Waals surface area contributed by atoms with Crippen LogP contribution < -0.4 is 5.32 Å². The van der Waals surface area contributed by atoms with E-state index in [1.807, 2.05) is 0 Å². The van der Waals surface area contributed by atoms with Gasteiger partial charge in [-0.2, -0.15) is 10.2 Å². The lowest BCUT2D eigenvalue weighted by Gasteiger charge is -2.54. The number of cyclic esters (lactones) is 1. The third-order valence-electron chi connectivity index (χ3n) is 4.61. The van der Waals surface area contributed by atoms with Crippen LogP contribution in [-0.2, 0) is 9.53 Å². The number of rotatable bonds is 2. The zero-order valence-electron chi connectivity index (χ0n) is 11.3. The Morgan fingerprint density at radius 1 is 1.43 bits per heavy atom. The molecule has 1 unspecified atom stereocenters. The number of amides is 2. The zero-order valence-corrected chi connectivity index (χ0v) is 11.3. The number of carbonyl (C=O) groups is 2. The molecule has 7 heteroatoms. The van der Waals surface area contributed by atoms with Gasteiger partial charge in [0, 0.05) is 17.8 Å². The fraction of sp³-hybridized carbons (Fsp3) is 0.429. The number of piperidine rings is 2. The van der Waals surface area contributed by atoms with Crippen molar-refractivity contribution in [2.75, 3.05) is 6.54 Å². The molecule has 1 atom stereocenters. The molecule has 4 aliphatic rings. The molecule has 0 aromatic carbocycles. The van der Waals surface area contributed by atoms with E-state index in [4.69, 9.17) is 4.74 Å². The fourth-order valence-corrected chi connectivity index (χ4v) is 3.35. The van der Waals surface area contributed by atoms with Gasteiger partial charge in [-0.25, -0.2) is 4.79 Å². The molecule has 4 heterocycles. The van der Waals surface area contributed by atoms with Gasteiger partial charge < -0.3 is 10.1 Å². The van der Waals surface area contributed by atoms with Crippen LogP contribution in [0.15, 0.2) is 30.6 Å². The van der Waals surface area contributed by atoms with Gasteiger partial charge in [0.1, 0.15) is 11.2 Å². The van der Waals surface area contributed by atoms with E-state index in [1.165, 1.54) is 4.90 Å². The summed E-state index contributed by atoms with van der Waals surface area (Å²) in [6, 6.07) is 3.51. The first-order valence-corrected chi connectivity index (χ1v) is 6.86. The molecule has 7 nitrogen and oxygen atoms in total. The highest BCUT2D eigenvalue weighted by Gasteiger charge is 2.62. The fourth-order valence-electron chi connectivity index (χ4n) is 3.35. The number of allylic oxidation sites excluding steroid dienone is 1. The van der Waals surface area contributed by atoms with Crippen LogP contribution in [0.5, 0.6) is 0 Å². The number of carbonyl (C=O) groups excluding carboxylic acids is 2. The Morgan fingerprint density at radius 2 is 2.24 bits per heavy atom. The quantitative estimate of drug-likeness (QED) is 0.867. The number of hydrogen-bond donors (Lipinski definition) is 1. The van der Waals surface area contributed by atoms with Gasteiger partial charge in [0.05, 0.1) is 6.54 Å². The van der Waals surface area contributed by atoms with Gasteiger partial charge in [0.25, 0.3) is 0 Å². The molecule has 0 spiro atoms. The maximum Gasteiger partial charge on any atom is 0.411 e. The van der Waals surface area contributed by atoms with Gasteiger partial charge in [0.15, 0.2) is 6.10 Å². The van der Waals surface area contributed by atoms with Crippen LogP contribution in [-0.4, -0.2) is 39.2 Å². The number of aromatic nitrogens is 2. The van der Waals surface area contributed by atoms with E-state index >= 15 is 0 Å². The van der Waals surface area contributed by atoms with Crippen LogP contribution in [0.2, 0.25) is 0 Å². The average molecular weight is 286 g/mol. The predicted molar refractivity (Wildman–Crippen MR) is 70.7 cm³/mol. The summed E-state index contributed by atoms with van der Waals surface area (Å²) in [6.07, 6.45) is 1.87. The van der Waals surface area contributed by atoms with E-state index in [9.17, 15) is 9.59 Å². The Hall–Kier alpha value is -2.44. The molecule has 21 heavy (non-hydrogen) atoms. The van der Waals surface area contributed by atoms with Gasteiger partial charge in [-0.3, -0.25) is 9.69 Å². The molecule has 5 rings (SSSR count). The van der Waals surface area contributed by atoms with Crippen LogP contribution in [0.3, 0.4) is 0 Å². The van der Waals surface area contributed by atoms with Crippen LogP contribution in [0.1, 0.15) is 24.6 Å². The molecule has 2 bridgehead atoms. The van der Waals surface area contributed by atoms with Crippen molar-refractivity contribution in [1.82, 2.24) is 20.4 Å². The summed E-state index contributed by atoms with van der Waals surface area (Å²) in [7, 11) is 0. The number of hydrogen-bond acceptors (Lipinski definition) is 5. The molecule has 3 aliphatic heterocycles. The topological polar surface area (TPSA) is 84.4 Å². The summed E-state index contributed by atoms with van der Waals surface area (Å²) < 4.78 is 5.36. The summed E-state index contributed by atoms with van der Waals surface area (Å²) in [5.41, 5.74) is 0.570. The second-order valence-electron chi connectivity index (χ2n) is 5.75. The van der Waals surface area contributed by atoms with Gasteiger partial charge in [0.2, 0.25) is 5.91 Å². The SMILES string of the molecule is C=C1NC(=O)C2(N3CC(c4cccnn4)OC3=O)CC1C2. The largest absolute Gasteiger partial charge is 0.438 e. The third kappa shape index (κ3) is 1.60. The minimum atomic E-state index is -0.778. The summed E-state index contributed by atoms with van der Waals surface area (Å²) in [6.45, 7) is 4.16. The summed E-state index contributed by atoms with van der Waals surface area (Å²) >= 11 is 0. The molecular weight excluding hydrogens is 272 g/mol. The van der Waals surface area contributed by atoms with Crippen molar-refractivity contribution >= 4 is 12.0 Å². The van der Waals surface area contributed by atoms with Crippen LogP contribution in [0.25, 0.3) is 0 Å². The van der Waals surface area contributed by atoms with E-state index in [-0.39, 0.29) is 11.8 Å². The normalized spacial score (nSPS) is 34.3. The molecular formula is C14H14N4O3. The minimum absolute atomic E-state index is 0.160. The second kappa shape index (κ2) is 4.03. The number of nitrogens with zero attached hydrogens (tertiary/aromatic N) is 3. The van der Waals surface area contributed by atoms with Crippen molar-refractivity contribution in [1.29, 1.82) is 0 Å². The Kier molecular flexibility index (Phi) is 2.36. The summed E-state index contributed by atoms with van der Waals surface area (Å²) in [4.78, 5) is 26.0. The van der Waals surface area contributed by atoms with Crippen molar-refractivity contribution in [3.8, 4) is 0 Å². The van der Waals surface area contributed by atoms with Gasteiger partial charge >= 0.3 is 6.09 Å². The molecule has 1 N–H and O–H groups in total. The lowest BCUT2D eigenvalue weighted by molar-refractivity contribution is -0.143. The lowest BCUT2D eigenvalue weighted by Crippen LogP contribution is -2.70. The van der Waals surface area contributed by atoms with Crippen molar-refractivity contribution in [2.45, 2.75) is 24.5 Å². The van der Waals surface area contributed by atoms with Crippen molar-refractivity contribution in [2.24, 2.45) is 5.92 Å². The monoisotopic (exact) mass is 286 g/mol. The van der Waals surface area contributed by atoms with E-state index < -0.39 is 17.7 Å². The smallest absolute Gasteiger partial charge is 0.411 e. The first-order chi connectivity index (χ1) is 10.1. The molecule has 3 saturated heterocycles. The molecule has 1 saturated carbocycles. The molecule has 1 aliphatic carbocycles. The Morgan fingerprint density at radius 3 is 2.90 bits per heavy atom. The molecule has 108 valence electrons. The van der Waals surface area contributed by atoms with Gasteiger partial charge in [-0.1, -0.05) is 6.58 Å². The summed E-state index contributed by atoms with van der Waals surface area (Å²) in [5, 5.41) is 10.5. The third-order valence-corrected chi connectivity index (χ3v) is 4.61. The number of ether oxygens (including phenoxy) is 1. The van der Waals surface area contributed by atoms with E-state index in [0.717, 1.165) is 5.70 Å². The molecule has 1 aromatic rings. The molecule has 4 fully saturated rings. The van der Waals surface area contributed by atoms with Crippen LogP contribution in [0, 0.1) is 5.92 Å². The molecule has 0 radical (unpaired) electrons.